The smallest absolute Gasteiger partial charge is 0.0410 e. The van der Waals surface area contributed by atoms with Gasteiger partial charge in [0.05, 0.1) is 0 Å². The number of pyridine rings is 1. The Balaban J connectivity index is 1.98. The van der Waals surface area contributed by atoms with Gasteiger partial charge in [0, 0.05) is 27.5 Å². The van der Waals surface area contributed by atoms with E-state index in [0.29, 0.717) is 5.92 Å². The Labute approximate surface area is 121 Å². The zero-order chi connectivity index (χ0) is 13.0. The van der Waals surface area contributed by atoms with Crippen molar-refractivity contribution >= 4 is 27.7 Å². The molecule has 0 aliphatic heterocycles. The largest absolute Gasteiger partial charge is 0.263 e. The van der Waals surface area contributed by atoms with Crippen molar-refractivity contribution in [1.82, 2.24) is 4.98 Å². The summed E-state index contributed by atoms with van der Waals surface area (Å²) in [5.74, 6) is 1.55. The molecule has 18 heavy (non-hydrogen) atoms. The van der Waals surface area contributed by atoms with Crippen molar-refractivity contribution < 1.29 is 0 Å². The molecule has 3 heteroatoms. The first-order valence-electron chi connectivity index (χ1n) is 5.97. The summed E-state index contributed by atoms with van der Waals surface area (Å²) < 4.78 is 1.04. The number of hydrogen-bond acceptors (Lipinski definition) is 2. The van der Waals surface area contributed by atoms with Crippen LogP contribution < -0.4 is 0 Å². The highest BCUT2D eigenvalue weighted by Crippen LogP contribution is 2.25. The Morgan fingerprint density at radius 2 is 1.89 bits per heavy atom. The Kier molecular flexibility index (Phi) is 4.84. The molecule has 0 amide bonds. The second-order valence-corrected chi connectivity index (χ2v) is 6.49. The van der Waals surface area contributed by atoms with Gasteiger partial charge in [-0.25, -0.2) is 0 Å². The molecule has 0 fully saturated rings. The molecule has 0 N–H and O–H groups in total. The van der Waals surface area contributed by atoms with Crippen LogP contribution in [-0.2, 0) is 5.75 Å². The normalized spacial score (nSPS) is 10.9. The van der Waals surface area contributed by atoms with Gasteiger partial charge < -0.3 is 0 Å². The summed E-state index contributed by atoms with van der Waals surface area (Å²) in [5.41, 5.74) is 2.63. The Morgan fingerprint density at radius 1 is 1.17 bits per heavy atom. The standard InChI is InChI=1S/C15H16BrNS/c1-11(2)13-3-5-15(6-4-13)18-10-12-7-14(16)9-17-8-12/h3-9,11H,10H2,1-2H3. The molecule has 2 rings (SSSR count). The molecule has 0 unspecified atom stereocenters. The van der Waals surface area contributed by atoms with Crippen LogP contribution in [0.2, 0.25) is 0 Å². The lowest BCUT2D eigenvalue weighted by Crippen LogP contribution is -1.86. The van der Waals surface area contributed by atoms with Gasteiger partial charge >= 0.3 is 0 Å². The van der Waals surface area contributed by atoms with Gasteiger partial charge in [-0.3, -0.25) is 4.98 Å². The second-order valence-electron chi connectivity index (χ2n) is 4.52. The topological polar surface area (TPSA) is 12.9 Å². The van der Waals surface area contributed by atoms with Crippen molar-refractivity contribution in [3.05, 3.63) is 58.3 Å². The summed E-state index contributed by atoms with van der Waals surface area (Å²) >= 11 is 5.28. The van der Waals surface area contributed by atoms with Crippen LogP contribution in [0.3, 0.4) is 0 Å². The number of hydrogen-bond donors (Lipinski definition) is 0. The first-order chi connectivity index (χ1) is 8.65. The van der Waals surface area contributed by atoms with Crippen LogP contribution in [0.1, 0.15) is 30.9 Å². The lowest BCUT2D eigenvalue weighted by atomic mass is 10.0. The number of aromatic nitrogens is 1. The van der Waals surface area contributed by atoms with E-state index in [1.54, 1.807) is 0 Å². The van der Waals surface area contributed by atoms with E-state index >= 15 is 0 Å². The number of halogens is 1. The van der Waals surface area contributed by atoms with Crippen LogP contribution >= 0.6 is 27.7 Å². The quantitative estimate of drug-likeness (QED) is 0.712. The third-order valence-electron chi connectivity index (χ3n) is 2.71. The third kappa shape index (κ3) is 3.85. The van der Waals surface area contributed by atoms with Crippen molar-refractivity contribution in [1.29, 1.82) is 0 Å². The van der Waals surface area contributed by atoms with Gasteiger partial charge in [0.1, 0.15) is 0 Å². The summed E-state index contributed by atoms with van der Waals surface area (Å²) in [6, 6.07) is 10.9. The molecular weight excluding hydrogens is 306 g/mol. The Bertz CT molecular complexity index is 508. The van der Waals surface area contributed by atoms with Gasteiger partial charge in [0.25, 0.3) is 0 Å². The number of benzene rings is 1. The van der Waals surface area contributed by atoms with Crippen LogP contribution in [-0.4, -0.2) is 4.98 Å². The van der Waals surface area contributed by atoms with Crippen molar-refractivity contribution in [3.63, 3.8) is 0 Å². The van der Waals surface area contributed by atoms with E-state index in [9.17, 15) is 0 Å². The fourth-order valence-electron chi connectivity index (χ4n) is 1.65. The molecule has 0 aliphatic rings. The van der Waals surface area contributed by atoms with E-state index in [0.717, 1.165) is 10.2 Å². The molecule has 0 bridgehead atoms. The van der Waals surface area contributed by atoms with Crippen LogP contribution in [0.25, 0.3) is 0 Å². The third-order valence-corrected chi connectivity index (χ3v) is 4.23. The maximum absolute atomic E-state index is 4.17. The van der Waals surface area contributed by atoms with Gasteiger partial charge in [0.2, 0.25) is 0 Å². The highest BCUT2D eigenvalue weighted by molar-refractivity contribution is 9.10. The van der Waals surface area contributed by atoms with Crippen LogP contribution in [0.5, 0.6) is 0 Å². The molecule has 0 spiro atoms. The summed E-state index contributed by atoms with van der Waals surface area (Å²) in [7, 11) is 0. The molecule has 0 saturated heterocycles. The van der Waals surface area contributed by atoms with Crippen LogP contribution in [0.15, 0.2) is 52.1 Å². The van der Waals surface area contributed by atoms with Crippen molar-refractivity contribution in [2.45, 2.75) is 30.4 Å². The van der Waals surface area contributed by atoms with Gasteiger partial charge in [-0.2, -0.15) is 0 Å². The van der Waals surface area contributed by atoms with E-state index in [1.165, 1.54) is 16.0 Å². The highest BCUT2D eigenvalue weighted by Gasteiger charge is 2.00. The number of thioether (sulfide) groups is 1. The average molecular weight is 322 g/mol. The zero-order valence-electron chi connectivity index (χ0n) is 10.6. The summed E-state index contributed by atoms with van der Waals surface area (Å²) in [5, 5.41) is 0. The fourth-order valence-corrected chi connectivity index (χ4v) is 2.88. The number of rotatable bonds is 4. The molecule has 0 radical (unpaired) electrons. The number of nitrogens with zero attached hydrogens (tertiary/aromatic N) is 1. The Morgan fingerprint density at radius 3 is 2.50 bits per heavy atom. The molecule has 94 valence electrons. The van der Waals surface area contributed by atoms with E-state index in [2.05, 4.69) is 65.1 Å². The van der Waals surface area contributed by atoms with E-state index in [4.69, 9.17) is 0 Å². The molecule has 1 aromatic heterocycles. The van der Waals surface area contributed by atoms with Crippen molar-refractivity contribution in [2.24, 2.45) is 0 Å². The monoisotopic (exact) mass is 321 g/mol. The maximum Gasteiger partial charge on any atom is 0.0410 e. The second kappa shape index (κ2) is 6.39. The zero-order valence-corrected chi connectivity index (χ0v) is 13.0. The van der Waals surface area contributed by atoms with Crippen LogP contribution in [0.4, 0.5) is 0 Å². The predicted octanol–water partition coefficient (Wildman–Crippen LogP) is 5.26. The molecule has 2 aromatic rings. The SMILES string of the molecule is CC(C)c1ccc(SCc2cncc(Br)c2)cc1. The summed E-state index contributed by atoms with van der Waals surface area (Å²) in [4.78, 5) is 5.48. The summed E-state index contributed by atoms with van der Waals surface area (Å²) in [6.07, 6.45) is 3.73. The van der Waals surface area contributed by atoms with Crippen molar-refractivity contribution in [3.8, 4) is 0 Å². The maximum atomic E-state index is 4.17. The van der Waals surface area contributed by atoms with E-state index in [1.807, 2.05) is 24.2 Å². The molecule has 0 aliphatic carbocycles. The minimum Gasteiger partial charge on any atom is -0.263 e. The lowest BCUT2D eigenvalue weighted by Gasteiger charge is -2.06. The van der Waals surface area contributed by atoms with E-state index < -0.39 is 0 Å². The van der Waals surface area contributed by atoms with Gasteiger partial charge in [-0.1, -0.05) is 26.0 Å². The van der Waals surface area contributed by atoms with Gasteiger partial charge in [-0.15, -0.1) is 11.8 Å². The van der Waals surface area contributed by atoms with E-state index in [-0.39, 0.29) is 0 Å². The minimum atomic E-state index is 0.596. The van der Waals surface area contributed by atoms with Gasteiger partial charge in [-0.05, 0) is 51.2 Å². The molecule has 1 heterocycles. The highest BCUT2D eigenvalue weighted by atomic mass is 79.9. The average Bonchev–Trinajstić information content (AvgIpc) is 2.37. The summed E-state index contributed by atoms with van der Waals surface area (Å²) in [6.45, 7) is 4.44. The lowest BCUT2D eigenvalue weighted by molar-refractivity contribution is 0.865. The molecule has 1 aromatic carbocycles. The molecular formula is C15H16BrNS. The fraction of sp³-hybridized carbons (Fsp3) is 0.267. The molecule has 0 saturated carbocycles. The predicted molar refractivity (Wildman–Crippen MR) is 82.0 cm³/mol. The molecule has 0 atom stereocenters. The minimum absolute atomic E-state index is 0.596. The first-order valence-corrected chi connectivity index (χ1v) is 7.75. The molecule has 1 nitrogen and oxygen atoms in total. The van der Waals surface area contributed by atoms with Gasteiger partial charge in [0.15, 0.2) is 0 Å². The first kappa shape index (κ1) is 13.6. The van der Waals surface area contributed by atoms with Crippen molar-refractivity contribution in [2.75, 3.05) is 0 Å². The Hall–Kier alpha value is -0.800. The van der Waals surface area contributed by atoms with Crippen LogP contribution in [0, 0.1) is 0 Å².